The number of aliphatic hydroxyl groups excluding tert-OH is 1. The molecule has 170 valence electrons. The summed E-state index contributed by atoms with van der Waals surface area (Å²) in [4.78, 5) is 28.3. The van der Waals surface area contributed by atoms with Crippen LogP contribution in [0.15, 0.2) is 6.20 Å². The van der Waals surface area contributed by atoms with Crippen LogP contribution in [0.4, 0.5) is 4.79 Å². The van der Waals surface area contributed by atoms with Crippen LogP contribution in [0.1, 0.15) is 46.2 Å². The van der Waals surface area contributed by atoms with Gasteiger partial charge in [-0.2, -0.15) is 0 Å². The molecule has 2 heterocycles. The summed E-state index contributed by atoms with van der Waals surface area (Å²) in [6.45, 7) is 8.90. The molecule has 3 atom stereocenters. The number of hydrogen-bond donors (Lipinski definition) is 1. The SMILES string of the molecule is CC(C)OC(=O)N(C)C[C@@H]1OCc2cnnn2CCCC(=O)N([C@@H](C)CO)C[C@@H]1C. The van der Waals surface area contributed by atoms with Crippen LogP contribution >= 0.6 is 0 Å². The number of amides is 2. The van der Waals surface area contributed by atoms with Crippen molar-refractivity contribution in [2.45, 2.75) is 71.9 Å². The lowest BCUT2D eigenvalue weighted by atomic mass is 10.0. The van der Waals surface area contributed by atoms with Crippen LogP contribution in [-0.2, 0) is 27.4 Å². The minimum absolute atomic E-state index is 0.0167. The number of nitrogens with zero attached hydrogens (tertiary/aromatic N) is 5. The van der Waals surface area contributed by atoms with E-state index in [1.807, 2.05) is 13.8 Å². The molecule has 0 aliphatic carbocycles. The Kier molecular flexibility index (Phi) is 9.04. The van der Waals surface area contributed by atoms with Gasteiger partial charge in [0.05, 0.1) is 49.9 Å². The summed E-state index contributed by atoms with van der Waals surface area (Å²) in [5.41, 5.74) is 0.827. The number of fused-ring (bicyclic) bond motifs is 1. The molecule has 1 aromatic heterocycles. The van der Waals surface area contributed by atoms with Gasteiger partial charge in [-0.1, -0.05) is 12.1 Å². The van der Waals surface area contributed by atoms with Crippen molar-refractivity contribution in [3.8, 4) is 0 Å². The van der Waals surface area contributed by atoms with E-state index in [0.717, 1.165) is 5.69 Å². The fourth-order valence-corrected chi connectivity index (χ4v) is 3.38. The molecule has 2 amide bonds. The van der Waals surface area contributed by atoms with Crippen LogP contribution < -0.4 is 0 Å². The lowest BCUT2D eigenvalue weighted by Crippen LogP contribution is -2.48. The second kappa shape index (κ2) is 11.3. The number of aromatic nitrogens is 3. The molecule has 1 aromatic rings. The van der Waals surface area contributed by atoms with Crippen LogP contribution in [0.2, 0.25) is 0 Å². The van der Waals surface area contributed by atoms with Gasteiger partial charge < -0.3 is 24.4 Å². The summed E-state index contributed by atoms with van der Waals surface area (Å²) < 4.78 is 13.2. The molecule has 1 N–H and O–H groups in total. The van der Waals surface area contributed by atoms with Gasteiger partial charge in [0, 0.05) is 32.5 Å². The van der Waals surface area contributed by atoms with Gasteiger partial charge in [-0.05, 0) is 27.2 Å². The first-order valence-corrected chi connectivity index (χ1v) is 10.5. The lowest BCUT2D eigenvalue weighted by Gasteiger charge is -2.35. The van der Waals surface area contributed by atoms with Crippen molar-refractivity contribution in [3.63, 3.8) is 0 Å². The van der Waals surface area contributed by atoms with Crippen molar-refractivity contribution in [1.29, 1.82) is 0 Å². The summed E-state index contributed by atoms with van der Waals surface area (Å²) >= 11 is 0. The highest BCUT2D eigenvalue weighted by Crippen LogP contribution is 2.18. The highest BCUT2D eigenvalue weighted by atomic mass is 16.6. The molecule has 30 heavy (non-hydrogen) atoms. The Morgan fingerprint density at radius 1 is 1.43 bits per heavy atom. The zero-order chi connectivity index (χ0) is 22.3. The van der Waals surface area contributed by atoms with Crippen molar-refractivity contribution in [2.75, 3.05) is 26.7 Å². The first kappa shape index (κ1) is 24.1. The van der Waals surface area contributed by atoms with Gasteiger partial charge in [0.15, 0.2) is 0 Å². The van der Waals surface area contributed by atoms with Crippen molar-refractivity contribution in [3.05, 3.63) is 11.9 Å². The number of hydrogen-bond acceptors (Lipinski definition) is 7. The summed E-state index contributed by atoms with van der Waals surface area (Å²) in [5, 5.41) is 17.7. The topological polar surface area (TPSA) is 110 Å². The Hall–Kier alpha value is -2.20. The molecular weight excluding hydrogens is 390 g/mol. The van der Waals surface area contributed by atoms with Gasteiger partial charge in [0.25, 0.3) is 0 Å². The lowest BCUT2D eigenvalue weighted by molar-refractivity contribution is -0.136. The molecule has 1 aliphatic rings. The molecule has 0 fully saturated rings. The maximum absolute atomic E-state index is 12.8. The fraction of sp³-hybridized carbons (Fsp3) is 0.800. The van der Waals surface area contributed by atoms with Gasteiger partial charge in [-0.15, -0.1) is 5.10 Å². The van der Waals surface area contributed by atoms with E-state index in [4.69, 9.17) is 9.47 Å². The number of aliphatic hydroxyl groups is 1. The normalized spacial score (nSPS) is 22.1. The largest absolute Gasteiger partial charge is 0.447 e. The summed E-state index contributed by atoms with van der Waals surface area (Å²) in [6, 6.07) is -0.297. The monoisotopic (exact) mass is 425 g/mol. The summed E-state index contributed by atoms with van der Waals surface area (Å²) in [5.74, 6) is -0.0991. The Balaban J connectivity index is 2.22. The van der Waals surface area contributed by atoms with E-state index in [1.54, 1.807) is 36.7 Å². The smallest absolute Gasteiger partial charge is 0.409 e. The molecule has 10 heteroatoms. The Morgan fingerprint density at radius 3 is 2.83 bits per heavy atom. The third-order valence-corrected chi connectivity index (χ3v) is 5.24. The van der Waals surface area contributed by atoms with Crippen LogP contribution in [0, 0.1) is 5.92 Å². The van der Waals surface area contributed by atoms with Crippen molar-refractivity contribution in [1.82, 2.24) is 24.8 Å². The molecule has 0 saturated heterocycles. The molecule has 0 aromatic carbocycles. The zero-order valence-electron chi connectivity index (χ0n) is 18.7. The molecule has 10 nitrogen and oxygen atoms in total. The Labute approximate surface area is 178 Å². The zero-order valence-corrected chi connectivity index (χ0v) is 18.7. The highest BCUT2D eigenvalue weighted by Gasteiger charge is 2.29. The first-order valence-electron chi connectivity index (χ1n) is 10.5. The molecule has 0 spiro atoms. The van der Waals surface area contributed by atoms with E-state index in [1.165, 1.54) is 4.90 Å². The molecular formula is C20H35N5O5. The number of rotatable bonds is 5. The third-order valence-electron chi connectivity index (χ3n) is 5.24. The quantitative estimate of drug-likeness (QED) is 0.757. The Bertz CT molecular complexity index is 695. The molecule has 0 unspecified atom stereocenters. The van der Waals surface area contributed by atoms with Gasteiger partial charge in [-0.3, -0.25) is 4.79 Å². The van der Waals surface area contributed by atoms with Crippen molar-refractivity contribution >= 4 is 12.0 Å². The van der Waals surface area contributed by atoms with E-state index in [9.17, 15) is 14.7 Å². The molecule has 2 rings (SSSR count). The predicted octanol–water partition coefficient (Wildman–Crippen LogP) is 1.28. The van der Waals surface area contributed by atoms with Crippen molar-refractivity contribution in [2.24, 2.45) is 5.92 Å². The summed E-state index contributed by atoms with van der Waals surface area (Å²) in [6.07, 6.45) is 1.67. The van der Waals surface area contributed by atoms with Gasteiger partial charge in [0.1, 0.15) is 0 Å². The van der Waals surface area contributed by atoms with Crippen molar-refractivity contribution < 1.29 is 24.2 Å². The molecule has 0 bridgehead atoms. The number of ether oxygens (including phenoxy) is 2. The fourth-order valence-electron chi connectivity index (χ4n) is 3.38. The maximum Gasteiger partial charge on any atom is 0.409 e. The summed E-state index contributed by atoms with van der Waals surface area (Å²) in [7, 11) is 1.67. The van der Waals surface area contributed by atoms with Gasteiger partial charge >= 0.3 is 6.09 Å². The third kappa shape index (κ3) is 6.66. The number of carbonyl (C=O) groups excluding carboxylic acids is 2. The van der Waals surface area contributed by atoms with Gasteiger partial charge in [0.2, 0.25) is 5.91 Å². The maximum atomic E-state index is 12.8. The minimum Gasteiger partial charge on any atom is -0.447 e. The second-order valence-electron chi connectivity index (χ2n) is 8.27. The highest BCUT2D eigenvalue weighted by molar-refractivity contribution is 5.76. The average Bonchev–Trinajstić information content (AvgIpc) is 3.14. The number of likely N-dealkylation sites (N-methyl/N-ethyl adjacent to an activating group) is 1. The van der Waals surface area contributed by atoms with Crippen LogP contribution in [-0.4, -0.2) is 86.9 Å². The molecule has 0 radical (unpaired) electrons. The first-order chi connectivity index (χ1) is 14.2. The predicted molar refractivity (Wildman–Crippen MR) is 110 cm³/mol. The number of aryl methyl sites for hydroxylation is 1. The van der Waals surface area contributed by atoms with Gasteiger partial charge in [-0.25, -0.2) is 9.48 Å². The van der Waals surface area contributed by atoms with E-state index >= 15 is 0 Å². The molecule has 0 saturated carbocycles. The van der Waals surface area contributed by atoms with E-state index in [0.29, 0.717) is 39.1 Å². The van der Waals surface area contributed by atoms with E-state index in [2.05, 4.69) is 10.3 Å². The van der Waals surface area contributed by atoms with Crippen LogP contribution in [0.25, 0.3) is 0 Å². The number of carbonyl (C=O) groups is 2. The molecule has 1 aliphatic heterocycles. The van der Waals surface area contributed by atoms with Crippen LogP contribution in [0.3, 0.4) is 0 Å². The second-order valence-corrected chi connectivity index (χ2v) is 8.27. The standard InChI is InChI=1S/C20H35N5O5/c1-14(2)30-20(28)23(5)11-18-15(3)10-24(16(4)12-26)19(27)7-6-8-25-17(13-29-18)9-21-22-25/h9,14-16,18,26H,6-8,10-13H2,1-5H3/t15-,16-,18-/m0/s1. The average molecular weight is 426 g/mol. The Morgan fingerprint density at radius 2 is 2.17 bits per heavy atom. The minimum atomic E-state index is -0.421. The van der Waals surface area contributed by atoms with Crippen LogP contribution in [0.5, 0.6) is 0 Å². The van der Waals surface area contributed by atoms with E-state index in [-0.39, 0.29) is 36.7 Å². The van der Waals surface area contributed by atoms with E-state index < -0.39 is 6.09 Å².